The second-order valence-corrected chi connectivity index (χ2v) is 8.13. The summed E-state index contributed by atoms with van der Waals surface area (Å²) in [7, 11) is 8.14. The lowest BCUT2D eigenvalue weighted by Crippen LogP contribution is -2.35. The smallest absolute Gasteiger partial charge is 0.295 e. The maximum atomic E-state index is 13.2. The van der Waals surface area contributed by atoms with E-state index in [1.54, 1.807) is 24.3 Å². The van der Waals surface area contributed by atoms with Crippen LogP contribution in [0.3, 0.4) is 0 Å². The van der Waals surface area contributed by atoms with Gasteiger partial charge in [0.15, 0.2) is 0 Å². The van der Waals surface area contributed by atoms with Gasteiger partial charge in [0.1, 0.15) is 23.0 Å². The van der Waals surface area contributed by atoms with Crippen molar-refractivity contribution in [2.45, 2.75) is 6.04 Å². The molecule has 0 bridgehead atoms. The van der Waals surface area contributed by atoms with Gasteiger partial charge in [0, 0.05) is 24.7 Å². The fraction of sp³-hybridized carbons (Fsp3) is 0.333. The highest BCUT2D eigenvalue weighted by Gasteiger charge is 2.47. The minimum absolute atomic E-state index is 0.0669. The summed E-state index contributed by atoms with van der Waals surface area (Å²) in [5.74, 6) is -0.809. The molecule has 1 atom stereocenters. The Hall–Kier alpha value is -3.23. The van der Waals surface area contributed by atoms with Gasteiger partial charge in [-0.1, -0.05) is 29.8 Å². The first-order chi connectivity index (χ1) is 15.7. The van der Waals surface area contributed by atoms with E-state index in [1.807, 2.05) is 19.0 Å². The molecule has 1 saturated heterocycles. The van der Waals surface area contributed by atoms with Gasteiger partial charge in [0.25, 0.3) is 11.7 Å². The first-order valence-electron chi connectivity index (χ1n) is 10.2. The summed E-state index contributed by atoms with van der Waals surface area (Å²) >= 11 is 6.29. The molecule has 0 saturated carbocycles. The van der Waals surface area contributed by atoms with Gasteiger partial charge in [-0.15, -0.1) is 0 Å². The first-order valence-corrected chi connectivity index (χ1v) is 10.6. The predicted octanol–water partition coefficient (Wildman–Crippen LogP) is 3.35. The maximum Gasteiger partial charge on any atom is 0.295 e. The van der Waals surface area contributed by atoms with E-state index in [0.717, 1.165) is 0 Å². The standard InChI is InChI=1S/C24H27ClN2O6/c1-26(2)10-11-27-21(14-8-6-7-9-17(14)31-3)20(23(29)24(27)30)22(28)15-12-16(25)19(33-5)13-18(15)32-4/h6-9,12-13,21,28H,10-11H2,1-5H3/b22-20+. The molecule has 0 aromatic heterocycles. The largest absolute Gasteiger partial charge is 0.507 e. The molecule has 0 radical (unpaired) electrons. The van der Waals surface area contributed by atoms with Crippen molar-refractivity contribution in [3.8, 4) is 17.2 Å². The fourth-order valence-corrected chi connectivity index (χ4v) is 4.07. The third-order valence-corrected chi connectivity index (χ3v) is 5.79. The van der Waals surface area contributed by atoms with Gasteiger partial charge in [0.05, 0.1) is 43.5 Å². The lowest BCUT2D eigenvalue weighted by atomic mass is 9.94. The van der Waals surface area contributed by atoms with Crippen LogP contribution in [0.25, 0.3) is 5.76 Å². The fourth-order valence-electron chi connectivity index (χ4n) is 3.82. The second-order valence-electron chi connectivity index (χ2n) is 7.72. The molecule has 0 aliphatic carbocycles. The molecule has 0 spiro atoms. The molecule has 1 aliphatic heterocycles. The summed E-state index contributed by atoms with van der Waals surface area (Å²) in [5.41, 5.74) is 0.690. The number of rotatable bonds is 8. The molecule has 1 heterocycles. The van der Waals surface area contributed by atoms with Crippen molar-refractivity contribution in [2.75, 3.05) is 48.5 Å². The minimum Gasteiger partial charge on any atom is -0.507 e. The van der Waals surface area contributed by atoms with E-state index in [1.165, 1.54) is 38.4 Å². The number of para-hydroxylation sites is 1. The normalized spacial score (nSPS) is 17.5. The van der Waals surface area contributed by atoms with Gasteiger partial charge in [-0.05, 0) is 26.2 Å². The van der Waals surface area contributed by atoms with Gasteiger partial charge in [-0.3, -0.25) is 9.59 Å². The lowest BCUT2D eigenvalue weighted by molar-refractivity contribution is -0.140. The van der Waals surface area contributed by atoms with E-state index in [2.05, 4.69) is 0 Å². The van der Waals surface area contributed by atoms with Crippen LogP contribution in [0.4, 0.5) is 0 Å². The number of amides is 1. The number of carbonyl (C=O) groups is 2. The van der Waals surface area contributed by atoms with Gasteiger partial charge in [0.2, 0.25) is 0 Å². The van der Waals surface area contributed by atoms with Crippen LogP contribution >= 0.6 is 11.6 Å². The molecular weight excluding hydrogens is 448 g/mol. The predicted molar refractivity (Wildman–Crippen MR) is 125 cm³/mol. The van der Waals surface area contributed by atoms with Crippen molar-refractivity contribution >= 4 is 29.1 Å². The number of hydrogen-bond donors (Lipinski definition) is 1. The van der Waals surface area contributed by atoms with Crippen LogP contribution in [0.15, 0.2) is 42.0 Å². The van der Waals surface area contributed by atoms with E-state index in [9.17, 15) is 14.7 Å². The molecule has 1 aliphatic rings. The highest BCUT2D eigenvalue weighted by atomic mass is 35.5. The number of carbonyl (C=O) groups excluding carboxylic acids is 2. The summed E-state index contributed by atoms with van der Waals surface area (Å²) in [6.07, 6.45) is 0. The Labute approximate surface area is 197 Å². The molecule has 9 heteroatoms. The molecule has 1 amide bonds. The van der Waals surface area contributed by atoms with Crippen LogP contribution in [0.5, 0.6) is 17.2 Å². The van der Waals surface area contributed by atoms with Gasteiger partial charge >= 0.3 is 0 Å². The van der Waals surface area contributed by atoms with Crippen LogP contribution in [-0.2, 0) is 9.59 Å². The maximum absolute atomic E-state index is 13.2. The Morgan fingerprint density at radius 2 is 1.67 bits per heavy atom. The first kappa shape index (κ1) is 24.4. The summed E-state index contributed by atoms with van der Waals surface area (Å²) in [5, 5.41) is 11.6. The van der Waals surface area contributed by atoms with Crippen LogP contribution < -0.4 is 14.2 Å². The number of methoxy groups -OCH3 is 3. The average molecular weight is 475 g/mol. The van der Waals surface area contributed by atoms with Gasteiger partial charge < -0.3 is 29.1 Å². The Kier molecular flexibility index (Phi) is 7.50. The zero-order chi connectivity index (χ0) is 24.3. The Morgan fingerprint density at radius 1 is 1.03 bits per heavy atom. The number of likely N-dealkylation sites (tertiary alicyclic amines) is 1. The lowest BCUT2D eigenvalue weighted by Gasteiger charge is -2.27. The number of ketones is 1. The quantitative estimate of drug-likeness (QED) is 0.356. The van der Waals surface area contributed by atoms with E-state index < -0.39 is 23.5 Å². The highest BCUT2D eigenvalue weighted by molar-refractivity contribution is 6.46. The van der Waals surface area contributed by atoms with Crippen LogP contribution in [0.2, 0.25) is 5.02 Å². The van der Waals surface area contributed by atoms with Crippen molar-refractivity contribution < 1.29 is 28.9 Å². The SMILES string of the molecule is COc1cc(OC)c(/C(O)=C2\C(=O)C(=O)N(CCN(C)C)C2c2ccccc2OC)cc1Cl. The van der Waals surface area contributed by atoms with E-state index in [4.69, 9.17) is 25.8 Å². The number of nitrogens with zero attached hydrogens (tertiary/aromatic N) is 2. The summed E-state index contributed by atoms with van der Waals surface area (Å²) in [4.78, 5) is 29.6. The van der Waals surface area contributed by atoms with Gasteiger partial charge in [-0.2, -0.15) is 0 Å². The molecule has 2 aromatic rings. The third-order valence-electron chi connectivity index (χ3n) is 5.49. The number of likely N-dealkylation sites (N-methyl/N-ethyl adjacent to an activating group) is 1. The molecule has 1 fully saturated rings. The molecular formula is C24H27ClN2O6. The number of aliphatic hydroxyl groups excluding tert-OH is 1. The topological polar surface area (TPSA) is 88.5 Å². The molecule has 176 valence electrons. The average Bonchev–Trinajstić information content (AvgIpc) is 3.06. The monoisotopic (exact) mass is 474 g/mol. The molecule has 1 unspecified atom stereocenters. The summed E-state index contributed by atoms with van der Waals surface area (Å²) in [6.45, 7) is 0.800. The van der Waals surface area contributed by atoms with Crippen molar-refractivity contribution in [1.29, 1.82) is 0 Å². The Bertz CT molecular complexity index is 1100. The minimum atomic E-state index is -0.855. The molecule has 1 N–H and O–H groups in total. The van der Waals surface area contributed by atoms with Gasteiger partial charge in [-0.25, -0.2) is 0 Å². The number of aliphatic hydroxyl groups is 1. The Morgan fingerprint density at radius 3 is 2.27 bits per heavy atom. The van der Waals surface area contributed by atoms with E-state index in [-0.39, 0.29) is 28.5 Å². The molecule has 33 heavy (non-hydrogen) atoms. The summed E-state index contributed by atoms with van der Waals surface area (Å²) < 4.78 is 16.1. The van der Waals surface area contributed by atoms with Crippen molar-refractivity contribution in [2.24, 2.45) is 0 Å². The van der Waals surface area contributed by atoms with Crippen molar-refractivity contribution in [3.63, 3.8) is 0 Å². The zero-order valence-corrected chi connectivity index (χ0v) is 20.0. The third kappa shape index (κ3) is 4.62. The Balaban J connectivity index is 2.27. The molecule has 3 rings (SSSR count). The molecule has 8 nitrogen and oxygen atoms in total. The van der Waals surface area contributed by atoms with E-state index in [0.29, 0.717) is 23.6 Å². The number of benzene rings is 2. The highest BCUT2D eigenvalue weighted by Crippen LogP contribution is 2.44. The molecule has 2 aromatic carbocycles. The summed E-state index contributed by atoms with van der Waals surface area (Å²) in [6, 6.07) is 9.19. The van der Waals surface area contributed by atoms with Crippen LogP contribution in [0, 0.1) is 0 Å². The second kappa shape index (κ2) is 10.1. The number of ether oxygens (including phenoxy) is 3. The number of Topliss-reactive ketones (excluding diaryl/α,β-unsaturated/α-hetero) is 1. The van der Waals surface area contributed by atoms with Crippen molar-refractivity contribution in [1.82, 2.24) is 9.80 Å². The number of hydrogen-bond acceptors (Lipinski definition) is 7. The zero-order valence-electron chi connectivity index (χ0n) is 19.2. The van der Waals surface area contributed by atoms with Crippen LogP contribution in [0.1, 0.15) is 17.2 Å². The van der Waals surface area contributed by atoms with E-state index >= 15 is 0 Å². The van der Waals surface area contributed by atoms with Crippen molar-refractivity contribution in [3.05, 3.63) is 58.1 Å². The van der Waals surface area contributed by atoms with Crippen LogP contribution in [-0.4, -0.2) is 75.1 Å². The number of halogens is 1.